The first-order chi connectivity index (χ1) is 8.93. The van der Waals surface area contributed by atoms with Crippen molar-refractivity contribution in [2.45, 2.75) is 13.1 Å². The van der Waals surface area contributed by atoms with Crippen molar-refractivity contribution < 1.29 is 18.0 Å². The number of aldehydes is 1. The summed E-state index contributed by atoms with van der Waals surface area (Å²) in [6.45, 7) is 1.85. The van der Waals surface area contributed by atoms with Gasteiger partial charge in [0.05, 0.1) is 5.56 Å². The minimum absolute atomic E-state index is 0.0455. The van der Waals surface area contributed by atoms with E-state index in [1.54, 1.807) is 12.1 Å². The number of benzene rings is 2. The average molecular weight is 264 g/mol. The molecule has 0 aliphatic rings. The fourth-order valence-corrected chi connectivity index (χ4v) is 1.96. The Morgan fingerprint density at radius 1 is 1.00 bits per heavy atom. The first kappa shape index (κ1) is 13.3. The van der Waals surface area contributed by atoms with Gasteiger partial charge in [-0.15, -0.1) is 0 Å². The van der Waals surface area contributed by atoms with Crippen LogP contribution in [0.15, 0.2) is 42.5 Å². The summed E-state index contributed by atoms with van der Waals surface area (Å²) in [6, 6.07) is 10.5. The smallest absolute Gasteiger partial charge is 0.298 e. The fourth-order valence-electron chi connectivity index (χ4n) is 1.96. The Balaban J connectivity index is 2.60. The molecule has 0 spiro atoms. The highest BCUT2D eigenvalue weighted by atomic mass is 19.4. The lowest BCUT2D eigenvalue weighted by atomic mass is 9.95. The normalized spacial score (nSPS) is 11.4. The third-order valence-corrected chi connectivity index (χ3v) is 2.94. The topological polar surface area (TPSA) is 17.1 Å². The molecule has 0 N–H and O–H groups in total. The molecular formula is C15H11F3O. The van der Waals surface area contributed by atoms with E-state index in [9.17, 15) is 18.0 Å². The number of aryl methyl sites for hydroxylation is 1. The van der Waals surface area contributed by atoms with Crippen LogP contribution in [0.4, 0.5) is 13.2 Å². The van der Waals surface area contributed by atoms with Crippen LogP contribution in [0.25, 0.3) is 11.1 Å². The Morgan fingerprint density at radius 3 is 2.26 bits per heavy atom. The van der Waals surface area contributed by atoms with E-state index in [-0.39, 0.29) is 5.56 Å². The molecule has 0 unspecified atom stereocenters. The highest BCUT2D eigenvalue weighted by molar-refractivity contribution is 5.88. The van der Waals surface area contributed by atoms with Crippen LogP contribution in [-0.4, -0.2) is 6.29 Å². The summed E-state index contributed by atoms with van der Waals surface area (Å²) >= 11 is 0. The summed E-state index contributed by atoms with van der Waals surface area (Å²) in [4.78, 5) is 11.0. The van der Waals surface area contributed by atoms with Gasteiger partial charge in [-0.3, -0.25) is 4.79 Å². The Labute approximate surface area is 108 Å². The minimum atomic E-state index is -4.44. The zero-order chi connectivity index (χ0) is 14.0. The molecule has 0 bridgehead atoms. The van der Waals surface area contributed by atoms with Gasteiger partial charge in [-0.05, 0) is 35.7 Å². The second-order valence-electron chi connectivity index (χ2n) is 4.23. The van der Waals surface area contributed by atoms with Crippen molar-refractivity contribution in [3.05, 3.63) is 59.2 Å². The Bertz CT molecular complexity index is 615. The molecule has 0 heterocycles. The molecule has 1 nitrogen and oxygen atoms in total. The zero-order valence-corrected chi connectivity index (χ0v) is 10.2. The molecule has 0 atom stereocenters. The third-order valence-electron chi connectivity index (χ3n) is 2.94. The van der Waals surface area contributed by atoms with Crippen LogP contribution in [0.5, 0.6) is 0 Å². The van der Waals surface area contributed by atoms with Crippen LogP contribution in [0.3, 0.4) is 0 Å². The van der Waals surface area contributed by atoms with Crippen LogP contribution in [-0.2, 0) is 6.18 Å². The van der Waals surface area contributed by atoms with E-state index in [2.05, 4.69) is 0 Å². The van der Waals surface area contributed by atoms with Crippen molar-refractivity contribution in [2.24, 2.45) is 0 Å². The number of hydrogen-bond donors (Lipinski definition) is 0. The summed E-state index contributed by atoms with van der Waals surface area (Å²) < 4.78 is 37.8. The second-order valence-corrected chi connectivity index (χ2v) is 4.23. The van der Waals surface area contributed by atoms with Crippen molar-refractivity contribution in [1.29, 1.82) is 0 Å². The van der Waals surface area contributed by atoms with Gasteiger partial charge in [0.2, 0.25) is 0 Å². The third kappa shape index (κ3) is 2.67. The summed E-state index contributed by atoms with van der Waals surface area (Å²) in [7, 11) is 0. The Morgan fingerprint density at radius 2 is 1.68 bits per heavy atom. The molecule has 0 saturated heterocycles. The maximum absolute atomic E-state index is 12.6. The zero-order valence-electron chi connectivity index (χ0n) is 10.2. The minimum Gasteiger partial charge on any atom is -0.298 e. The molecule has 0 aliphatic heterocycles. The maximum Gasteiger partial charge on any atom is 0.416 e. The van der Waals surface area contributed by atoms with E-state index in [1.807, 2.05) is 19.1 Å². The summed E-state index contributed by atoms with van der Waals surface area (Å²) in [5.41, 5.74) is 1.42. The molecule has 2 rings (SSSR count). The molecule has 0 radical (unpaired) electrons. The number of alkyl halides is 3. The molecule has 0 amide bonds. The van der Waals surface area contributed by atoms with Crippen molar-refractivity contribution in [3.8, 4) is 11.1 Å². The van der Waals surface area contributed by atoms with Gasteiger partial charge in [0.25, 0.3) is 0 Å². The molecule has 0 fully saturated rings. The predicted octanol–water partition coefficient (Wildman–Crippen LogP) is 4.49. The first-order valence-electron chi connectivity index (χ1n) is 5.66. The van der Waals surface area contributed by atoms with Crippen molar-refractivity contribution >= 4 is 6.29 Å². The van der Waals surface area contributed by atoms with E-state index in [4.69, 9.17) is 0 Å². The standard InChI is InChI=1S/C15H11F3O/c1-10-4-2-3-5-13(10)14-7-6-12(15(16,17)18)8-11(14)9-19/h2-9H,1H3. The molecule has 19 heavy (non-hydrogen) atoms. The summed E-state index contributed by atoms with van der Waals surface area (Å²) in [5, 5.41) is 0. The Hall–Kier alpha value is -2.10. The molecule has 98 valence electrons. The molecule has 2 aromatic carbocycles. The molecule has 4 heteroatoms. The fraction of sp³-hybridized carbons (Fsp3) is 0.133. The van der Waals surface area contributed by atoms with Gasteiger partial charge in [-0.25, -0.2) is 0 Å². The number of rotatable bonds is 2. The van der Waals surface area contributed by atoms with Gasteiger partial charge < -0.3 is 0 Å². The van der Waals surface area contributed by atoms with Gasteiger partial charge in [-0.2, -0.15) is 13.2 Å². The van der Waals surface area contributed by atoms with Crippen molar-refractivity contribution in [1.82, 2.24) is 0 Å². The summed E-state index contributed by atoms with van der Waals surface area (Å²) in [5.74, 6) is 0. The molecule has 0 aromatic heterocycles. The lowest BCUT2D eigenvalue weighted by molar-refractivity contribution is -0.137. The maximum atomic E-state index is 12.6. The number of hydrogen-bond acceptors (Lipinski definition) is 1. The van der Waals surface area contributed by atoms with E-state index in [1.165, 1.54) is 6.07 Å². The van der Waals surface area contributed by atoms with E-state index in [0.29, 0.717) is 11.8 Å². The average Bonchev–Trinajstić information content (AvgIpc) is 2.37. The molecular weight excluding hydrogens is 253 g/mol. The van der Waals surface area contributed by atoms with E-state index < -0.39 is 11.7 Å². The van der Waals surface area contributed by atoms with Crippen LogP contribution in [0.2, 0.25) is 0 Å². The highest BCUT2D eigenvalue weighted by Crippen LogP contribution is 2.33. The van der Waals surface area contributed by atoms with Crippen LogP contribution < -0.4 is 0 Å². The number of halogens is 3. The number of carbonyl (C=O) groups is 1. The quantitative estimate of drug-likeness (QED) is 0.730. The van der Waals surface area contributed by atoms with Crippen LogP contribution in [0.1, 0.15) is 21.5 Å². The Kier molecular flexibility index (Phi) is 3.42. The van der Waals surface area contributed by atoms with Crippen LogP contribution >= 0.6 is 0 Å². The highest BCUT2D eigenvalue weighted by Gasteiger charge is 2.31. The largest absolute Gasteiger partial charge is 0.416 e. The van der Waals surface area contributed by atoms with E-state index >= 15 is 0 Å². The molecule has 0 saturated carbocycles. The van der Waals surface area contributed by atoms with Gasteiger partial charge in [-0.1, -0.05) is 30.3 Å². The van der Waals surface area contributed by atoms with Crippen molar-refractivity contribution in [3.63, 3.8) is 0 Å². The molecule has 2 aromatic rings. The lowest BCUT2D eigenvalue weighted by Gasteiger charge is -2.12. The predicted molar refractivity (Wildman–Crippen MR) is 67.0 cm³/mol. The molecule has 0 aliphatic carbocycles. The van der Waals surface area contributed by atoms with Crippen molar-refractivity contribution in [2.75, 3.05) is 0 Å². The SMILES string of the molecule is Cc1ccccc1-c1ccc(C(F)(F)F)cc1C=O. The first-order valence-corrected chi connectivity index (χ1v) is 5.66. The van der Waals surface area contributed by atoms with Gasteiger partial charge >= 0.3 is 6.18 Å². The van der Waals surface area contributed by atoms with E-state index in [0.717, 1.165) is 23.3 Å². The lowest BCUT2D eigenvalue weighted by Crippen LogP contribution is -2.06. The number of carbonyl (C=O) groups excluding carboxylic acids is 1. The van der Waals surface area contributed by atoms with Gasteiger partial charge in [0, 0.05) is 5.56 Å². The van der Waals surface area contributed by atoms with Crippen LogP contribution in [0, 0.1) is 6.92 Å². The monoisotopic (exact) mass is 264 g/mol. The second kappa shape index (κ2) is 4.88. The summed E-state index contributed by atoms with van der Waals surface area (Å²) in [6.07, 6.45) is -3.99. The van der Waals surface area contributed by atoms with Gasteiger partial charge in [0.1, 0.15) is 0 Å². The van der Waals surface area contributed by atoms with Gasteiger partial charge in [0.15, 0.2) is 6.29 Å².